The van der Waals surface area contributed by atoms with E-state index in [-0.39, 0.29) is 12.2 Å². The predicted octanol–water partition coefficient (Wildman–Crippen LogP) is 4.76. The molecule has 1 aliphatic heterocycles. The molecule has 3 heteroatoms. The van der Waals surface area contributed by atoms with Crippen LogP contribution in [0, 0.1) is 0 Å². The Morgan fingerprint density at radius 1 is 0.864 bits per heavy atom. The maximum absolute atomic E-state index is 6.18. The molecule has 0 N–H and O–H groups in total. The van der Waals surface area contributed by atoms with Crippen molar-refractivity contribution in [2.75, 3.05) is 6.61 Å². The molecule has 0 aromatic heterocycles. The molecule has 3 rings (SSSR count). The van der Waals surface area contributed by atoms with Crippen molar-refractivity contribution in [3.63, 3.8) is 0 Å². The van der Waals surface area contributed by atoms with Crippen LogP contribution < -0.4 is 0 Å². The lowest BCUT2D eigenvalue weighted by molar-refractivity contribution is -0.166. The van der Waals surface area contributed by atoms with Crippen molar-refractivity contribution in [2.45, 2.75) is 37.8 Å². The van der Waals surface area contributed by atoms with Crippen molar-refractivity contribution >= 4 is 8.32 Å². The average Bonchev–Trinajstić information content (AvgIpc) is 2.47. The van der Waals surface area contributed by atoms with Gasteiger partial charge < -0.3 is 9.16 Å². The predicted molar refractivity (Wildman–Crippen MR) is 92.5 cm³/mol. The fourth-order valence-corrected chi connectivity index (χ4v) is 3.60. The highest BCUT2D eigenvalue weighted by Gasteiger charge is 2.44. The Balaban J connectivity index is 1.79. The summed E-state index contributed by atoms with van der Waals surface area (Å²) in [5.74, 6) is 0.375. The molecule has 0 radical (unpaired) electrons. The Labute approximate surface area is 134 Å². The minimum atomic E-state index is -1.51. The van der Waals surface area contributed by atoms with Crippen LogP contribution in [0.2, 0.25) is 19.6 Å². The van der Waals surface area contributed by atoms with E-state index in [4.69, 9.17) is 9.16 Å². The second-order valence-electron chi connectivity index (χ2n) is 6.87. The van der Waals surface area contributed by atoms with E-state index in [1.807, 2.05) is 6.07 Å². The van der Waals surface area contributed by atoms with E-state index in [0.717, 1.165) is 0 Å². The summed E-state index contributed by atoms with van der Waals surface area (Å²) < 4.78 is 12.3. The molecular formula is C19H24O2Si. The van der Waals surface area contributed by atoms with Gasteiger partial charge in [0.15, 0.2) is 8.32 Å². The van der Waals surface area contributed by atoms with Crippen LogP contribution in [-0.4, -0.2) is 21.0 Å². The first kappa shape index (κ1) is 15.5. The van der Waals surface area contributed by atoms with Crippen molar-refractivity contribution in [3.8, 4) is 0 Å². The lowest BCUT2D eigenvalue weighted by atomic mass is 9.80. The van der Waals surface area contributed by atoms with Crippen molar-refractivity contribution in [1.29, 1.82) is 0 Å². The summed E-state index contributed by atoms with van der Waals surface area (Å²) in [6.45, 7) is 7.35. The van der Waals surface area contributed by atoms with Crippen LogP contribution in [0.4, 0.5) is 0 Å². The summed E-state index contributed by atoms with van der Waals surface area (Å²) in [5, 5.41) is 0. The summed E-state index contributed by atoms with van der Waals surface area (Å²) >= 11 is 0. The van der Waals surface area contributed by atoms with Gasteiger partial charge in [-0.2, -0.15) is 0 Å². The van der Waals surface area contributed by atoms with Gasteiger partial charge >= 0.3 is 0 Å². The molecule has 2 aromatic rings. The normalized spacial score (nSPS) is 24.8. The molecule has 1 heterocycles. The van der Waals surface area contributed by atoms with E-state index in [1.54, 1.807) is 0 Å². The summed E-state index contributed by atoms with van der Waals surface area (Å²) in [7, 11) is -1.51. The Bertz CT molecular complexity index is 592. The Morgan fingerprint density at radius 2 is 1.41 bits per heavy atom. The molecule has 0 unspecified atom stereocenters. The minimum absolute atomic E-state index is 0.138. The van der Waals surface area contributed by atoms with Crippen LogP contribution in [0.3, 0.4) is 0 Å². The molecule has 0 bridgehead atoms. The summed E-state index contributed by atoms with van der Waals surface area (Å²) in [5.41, 5.74) is 2.59. The number of ether oxygens (including phenoxy) is 1. The van der Waals surface area contributed by atoms with Crippen molar-refractivity contribution in [2.24, 2.45) is 0 Å². The minimum Gasteiger partial charge on any atom is -0.415 e. The monoisotopic (exact) mass is 312 g/mol. The maximum Gasteiger partial charge on any atom is 0.183 e. The van der Waals surface area contributed by atoms with E-state index in [1.165, 1.54) is 11.1 Å². The lowest BCUT2D eigenvalue weighted by Crippen LogP contribution is -2.45. The van der Waals surface area contributed by atoms with Crippen LogP contribution in [0.15, 0.2) is 60.7 Å². The van der Waals surface area contributed by atoms with E-state index < -0.39 is 8.32 Å². The Hall–Kier alpha value is -1.42. The van der Waals surface area contributed by atoms with Crippen molar-refractivity contribution < 1.29 is 9.16 Å². The standard InChI is InChI=1S/C19H24O2Si/c1-22(2,3)20-14-17-18(15-10-6-4-7-11-15)19(21-17)16-12-8-5-9-13-16/h4-13,17-19H,14H2,1-3H3/t17-,18-,19+/m0/s1. The average molecular weight is 312 g/mol. The fraction of sp³-hybridized carbons (Fsp3) is 0.368. The molecular weight excluding hydrogens is 288 g/mol. The Kier molecular flexibility index (Phi) is 4.48. The number of rotatable bonds is 5. The largest absolute Gasteiger partial charge is 0.415 e. The van der Waals surface area contributed by atoms with Crippen LogP contribution in [0.1, 0.15) is 23.1 Å². The molecule has 0 spiro atoms. The third-order valence-corrected chi connectivity index (χ3v) is 5.07. The fourth-order valence-electron chi connectivity index (χ4n) is 2.93. The van der Waals surface area contributed by atoms with Gasteiger partial charge in [0.05, 0.1) is 18.8 Å². The topological polar surface area (TPSA) is 18.5 Å². The summed E-state index contributed by atoms with van der Waals surface area (Å²) in [4.78, 5) is 0. The first-order valence-electron chi connectivity index (χ1n) is 7.94. The van der Waals surface area contributed by atoms with Gasteiger partial charge in [0.2, 0.25) is 0 Å². The van der Waals surface area contributed by atoms with Crippen LogP contribution in [0.25, 0.3) is 0 Å². The maximum atomic E-state index is 6.18. The summed E-state index contributed by atoms with van der Waals surface area (Å²) in [6.07, 6.45) is 0.290. The van der Waals surface area contributed by atoms with E-state index in [0.29, 0.717) is 12.5 Å². The highest BCUT2D eigenvalue weighted by Crippen LogP contribution is 2.47. The molecule has 0 saturated carbocycles. The van der Waals surface area contributed by atoms with Crippen LogP contribution >= 0.6 is 0 Å². The van der Waals surface area contributed by atoms with Gasteiger partial charge in [-0.1, -0.05) is 60.7 Å². The van der Waals surface area contributed by atoms with Gasteiger partial charge in [0.25, 0.3) is 0 Å². The number of benzene rings is 2. The van der Waals surface area contributed by atoms with E-state index in [2.05, 4.69) is 74.2 Å². The highest BCUT2D eigenvalue weighted by molar-refractivity contribution is 6.69. The molecule has 22 heavy (non-hydrogen) atoms. The van der Waals surface area contributed by atoms with Crippen molar-refractivity contribution in [3.05, 3.63) is 71.8 Å². The second-order valence-corrected chi connectivity index (χ2v) is 11.4. The number of hydrogen-bond donors (Lipinski definition) is 0. The van der Waals surface area contributed by atoms with Crippen LogP contribution in [0.5, 0.6) is 0 Å². The molecule has 1 saturated heterocycles. The molecule has 0 aliphatic carbocycles. The van der Waals surface area contributed by atoms with Gasteiger partial charge in [-0.3, -0.25) is 0 Å². The number of hydrogen-bond acceptors (Lipinski definition) is 2. The quantitative estimate of drug-likeness (QED) is 0.741. The third-order valence-electron chi connectivity index (χ3n) is 4.04. The van der Waals surface area contributed by atoms with E-state index in [9.17, 15) is 0 Å². The molecule has 1 aliphatic rings. The van der Waals surface area contributed by atoms with Gasteiger partial charge in [-0.05, 0) is 30.8 Å². The van der Waals surface area contributed by atoms with Gasteiger partial charge in [0, 0.05) is 5.92 Å². The van der Waals surface area contributed by atoms with Crippen LogP contribution in [-0.2, 0) is 9.16 Å². The van der Waals surface area contributed by atoms with E-state index >= 15 is 0 Å². The SMILES string of the molecule is C[Si](C)(C)OC[C@@H]1O[C@H](c2ccccc2)[C@H]1c1ccccc1. The molecule has 1 fully saturated rings. The molecule has 0 amide bonds. The van der Waals surface area contributed by atoms with Crippen molar-refractivity contribution in [1.82, 2.24) is 0 Å². The third kappa shape index (κ3) is 3.49. The van der Waals surface area contributed by atoms with Gasteiger partial charge in [-0.15, -0.1) is 0 Å². The molecule has 2 aromatic carbocycles. The molecule has 116 valence electrons. The molecule has 2 nitrogen and oxygen atoms in total. The lowest BCUT2D eigenvalue weighted by Gasteiger charge is -2.46. The zero-order chi connectivity index (χ0) is 15.6. The first-order valence-corrected chi connectivity index (χ1v) is 11.3. The highest BCUT2D eigenvalue weighted by atomic mass is 28.4. The molecule has 3 atom stereocenters. The first-order chi connectivity index (χ1) is 10.5. The smallest absolute Gasteiger partial charge is 0.183 e. The zero-order valence-electron chi connectivity index (χ0n) is 13.5. The summed E-state index contributed by atoms with van der Waals surface area (Å²) in [6, 6.07) is 21.2. The Morgan fingerprint density at radius 3 is 1.95 bits per heavy atom. The zero-order valence-corrected chi connectivity index (χ0v) is 14.5. The second kappa shape index (κ2) is 6.37. The van der Waals surface area contributed by atoms with Gasteiger partial charge in [0.1, 0.15) is 0 Å². The van der Waals surface area contributed by atoms with Gasteiger partial charge in [-0.25, -0.2) is 0 Å².